The van der Waals surface area contributed by atoms with Gasteiger partial charge in [0, 0.05) is 18.1 Å². The maximum absolute atomic E-state index is 5.56. The third kappa shape index (κ3) is 2.76. The van der Waals surface area contributed by atoms with E-state index in [2.05, 4.69) is 15.3 Å². The van der Waals surface area contributed by atoms with Gasteiger partial charge in [-0.05, 0) is 30.4 Å². The molecule has 0 aliphatic heterocycles. The minimum absolute atomic E-state index is 0.539. The second kappa shape index (κ2) is 5.16. The van der Waals surface area contributed by atoms with Gasteiger partial charge in [-0.15, -0.1) is 11.3 Å². The summed E-state index contributed by atoms with van der Waals surface area (Å²) in [6.45, 7) is 0.539. The molecule has 0 aromatic carbocycles. The number of nitrogens with two attached hydrogens (primary N) is 1. The molecule has 3 rings (SSSR count). The van der Waals surface area contributed by atoms with Crippen LogP contribution in [-0.2, 0) is 13.0 Å². The van der Waals surface area contributed by atoms with Gasteiger partial charge in [-0.3, -0.25) is 4.98 Å². The van der Waals surface area contributed by atoms with Gasteiger partial charge in [0.05, 0.1) is 16.4 Å². The molecule has 3 nitrogen and oxygen atoms in total. The first-order chi connectivity index (χ1) is 8.85. The maximum Gasteiger partial charge on any atom is 0.0998 e. The first kappa shape index (κ1) is 11.8. The molecule has 1 saturated carbocycles. The summed E-state index contributed by atoms with van der Waals surface area (Å²) in [6, 6.07) is 4.02. The first-order valence-corrected chi connectivity index (χ1v) is 7.33. The Morgan fingerprint density at radius 1 is 1.28 bits per heavy atom. The minimum Gasteiger partial charge on any atom is -0.326 e. The summed E-state index contributed by atoms with van der Waals surface area (Å²) >= 11 is 1.75. The largest absolute Gasteiger partial charge is 0.326 e. The molecule has 18 heavy (non-hydrogen) atoms. The van der Waals surface area contributed by atoms with Crippen LogP contribution in [0.4, 0.5) is 0 Å². The van der Waals surface area contributed by atoms with E-state index in [0.717, 1.165) is 29.3 Å². The highest BCUT2D eigenvalue weighted by Gasteiger charge is 2.21. The van der Waals surface area contributed by atoms with E-state index in [4.69, 9.17) is 5.73 Å². The molecule has 0 amide bonds. The monoisotopic (exact) mass is 259 g/mol. The predicted molar refractivity (Wildman–Crippen MR) is 74.3 cm³/mol. The van der Waals surface area contributed by atoms with Crippen molar-refractivity contribution in [2.75, 3.05) is 0 Å². The van der Waals surface area contributed by atoms with Gasteiger partial charge in [0.2, 0.25) is 0 Å². The molecule has 0 unspecified atom stereocenters. The van der Waals surface area contributed by atoms with Crippen molar-refractivity contribution in [2.45, 2.75) is 32.2 Å². The van der Waals surface area contributed by atoms with Crippen LogP contribution in [-0.4, -0.2) is 9.97 Å². The number of rotatable bonds is 5. The van der Waals surface area contributed by atoms with Crippen LogP contribution in [0.3, 0.4) is 0 Å². The second-order valence-corrected chi connectivity index (χ2v) is 5.81. The van der Waals surface area contributed by atoms with Crippen molar-refractivity contribution in [3.8, 4) is 11.4 Å². The molecule has 0 radical (unpaired) electrons. The molecule has 2 aromatic heterocycles. The predicted octanol–water partition coefficient (Wildman–Crippen LogP) is 3.01. The lowest BCUT2D eigenvalue weighted by molar-refractivity contribution is 0.724. The van der Waals surface area contributed by atoms with Crippen LogP contribution in [0.1, 0.15) is 29.8 Å². The zero-order valence-electron chi connectivity index (χ0n) is 10.3. The molecule has 0 spiro atoms. The molecule has 0 atom stereocenters. The van der Waals surface area contributed by atoms with E-state index < -0.39 is 0 Å². The second-order valence-electron chi connectivity index (χ2n) is 4.86. The summed E-state index contributed by atoms with van der Waals surface area (Å²) in [4.78, 5) is 9.07. The van der Waals surface area contributed by atoms with Gasteiger partial charge in [0.1, 0.15) is 0 Å². The SMILES string of the molecule is NCc1ccc(-c2csc(CCC3CC3)n2)nc1. The lowest BCUT2D eigenvalue weighted by Crippen LogP contribution is -1.97. The Balaban J connectivity index is 1.70. The maximum atomic E-state index is 5.56. The number of aryl methyl sites for hydroxylation is 1. The summed E-state index contributed by atoms with van der Waals surface area (Å²) in [5, 5.41) is 3.34. The zero-order valence-corrected chi connectivity index (χ0v) is 11.1. The van der Waals surface area contributed by atoms with E-state index in [1.54, 1.807) is 11.3 Å². The Bertz CT molecular complexity index is 514. The van der Waals surface area contributed by atoms with Crippen LogP contribution in [0.15, 0.2) is 23.7 Å². The summed E-state index contributed by atoms with van der Waals surface area (Å²) in [5.74, 6) is 0.972. The Hall–Kier alpha value is -1.26. The molecular formula is C14H17N3S. The molecule has 1 aliphatic carbocycles. The van der Waals surface area contributed by atoms with E-state index in [-0.39, 0.29) is 0 Å². The summed E-state index contributed by atoms with van der Waals surface area (Å²) in [5.41, 5.74) is 8.56. The normalized spacial score (nSPS) is 14.9. The van der Waals surface area contributed by atoms with Crippen LogP contribution in [0.25, 0.3) is 11.4 Å². The van der Waals surface area contributed by atoms with Crippen molar-refractivity contribution in [3.05, 3.63) is 34.3 Å². The number of aromatic nitrogens is 2. The Morgan fingerprint density at radius 2 is 2.17 bits per heavy atom. The molecule has 4 heteroatoms. The molecule has 2 heterocycles. The number of nitrogens with zero attached hydrogens (tertiary/aromatic N) is 2. The number of thiazole rings is 1. The zero-order chi connectivity index (χ0) is 12.4. The van der Waals surface area contributed by atoms with Gasteiger partial charge >= 0.3 is 0 Å². The average molecular weight is 259 g/mol. The van der Waals surface area contributed by atoms with Crippen molar-refractivity contribution >= 4 is 11.3 Å². The minimum atomic E-state index is 0.539. The fourth-order valence-electron chi connectivity index (χ4n) is 1.97. The van der Waals surface area contributed by atoms with Crippen molar-refractivity contribution in [1.29, 1.82) is 0 Å². The van der Waals surface area contributed by atoms with Gasteiger partial charge in [-0.1, -0.05) is 18.9 Å². The van der Waals surface area contributed by atoms with E-state index in [0.29, 0.717) is 6.54 Å². The van der Waals surface area contributed by atoms with Crippen molar-refractivity contribution < 1.29 is 0 Å². The highest BCUT2D eigenvalue weighted by molar-refractivity contribution is 7.09. The Labute approximate surface area is 111 Å². The summed E-state index contributed by atoms with van der Waals surface area (Å²) < 4.78 is 0. The van der Waals surface area contributed by atoms with Crippen LogP contribution in [0, 0.1) is 5.92 Å². The number of pyridine rings is 1. The van der Waals surface area contributed by atoms with Crippen LogP contribution >= 0.6 is 11.3 Å². The lowest BCUT2D eigenvalue weighted by atomic mass is 10.2. The van der Waals surface area contributed by atoms with Crippen LogP contribution in [0.2, 0.25) is 0 Å². The highest BCUT2D eigenvalue weighted by atomic mass is 32.1. The van der Waals surface area contributed by atoms with Crippen LogP contribution in [0.5, 0.6) is 0 Å². The smallest absolute Gasteiger partial charge is 0.0998 e. The summed E-state index contributed by atoms with van der Waals surface area (Å²) in [6.07, 6.45) is 7.09. The fourth-order valence-corrected chi connectivity index (χ4v) is 2.78. The molecule has 0 bridgehead atoms. The Morgan fingerprint density at radius 3 is 2.83 bits per heavy atom. The first-order valence-electron chi connectivity index (χ1n) is 6.45. The molecule has 94 valence electrons. The number of hydrogen-bond donors (Lipinski definition) is 1. The van der Waals surface area contributed by atoms with E-state index in [9.17, 15) is 0 Å². The van der Waals surface area contributed by atoms with Gasteiger partial charge in [-0.25, -0.2) is 4.98 Å². The summed E-state index contributed by atoms with van der Waals surface area (Å²) in [7, 11) is 0. The molecule has 2 N–H and O–H groups in total. The van der Waals surface area contributed by atoms with E-state index in [1.165, 1.54) is 24.3 Å². The van der Waals surface area contributed by atoms with E-state index >= 15 is 0 Å². The number of hydrogen-bond acceptors (Lipinski definition) is 4. The standard InChI is InChI=1S/C14H17N3S/c15-7-11-3-5-12(16-8-11)13-9-18-14(17-13)6-4-10-1-2-10/h3,5,8-10H,1-2,4,6-7,15H2. The molecule has 0 saturated heterocycles. The van der Waals surface area contributed by atoms with Crippen molar-refractivity contribution in [2.24, 2.45) is 11.7 Å². The van der Waals surface area contributed by atoms with Crippen molar-refractivity contribution in [3.63, 3.8) is 0 Å². The quantitative estimate of drug-likeness (QED) is 0.898. The van der Waals surface area contributed by atoms with Crippen LogP contribution < -0.4 is 5.73 Å². The fraction of sp³-hybridized carbons (Fsp3) is 0.429. The van der Waals surface area contributed by atoms with Crippen molar-refractivity contribution in [1.82, 2.24) is 9.97 Å². The third-order valence-corrected chi connectivity index (χ3v) is 4.25. The highest BCUT2D eigenvalue weighted by Crippen LogP contribution is 2.34. The van der Waals surface area contributed by atoms with E-state index in [1.807, 2.05) is 18.3 Å². The average Bonchev–Trinajstić information content (AvgIpc) is 3.14. The Kier molecular flexibility index (Phi) is 3.39. The molecular weight excluding hydrogens is 242 g/mol. The topological polar surface area (TPSA) is 51.8 Å². The lowest BCUT2D eigenvalue weighted by Gasteiger charge is -1.98. The van der Waals surface area contributed by atoms with Gasteiger partial charge < -0.3 is 5.73 Å². The van der Waals surface area contributed by atoms with Gasteiger partial charge in [-0.2, -0.15) is 0 Å². The molecule has 1 aliphatic rings. The van der Waals surface area contributed by atoms with Gasteiger partial charge in [0.25, 0.3) is 0 Å². The molecule has 2 aromatic rings. The van der Waals surface area contributed by atoms with Gasteiger partial charge in [0.15, 0.2) is 0 Å². The molecule has 1 fully saturated rings. The third-order valence-electron chi connectivity index (χ3n) is 3.34.